The van der Waals surface area contributed by atoms with E-state index in [4.69, 9.17) is 11.6 Å². The van der Waals surface area contributed by atoms with E-state index in [9.17, 15) is 18.0 Å². The van der Waals surface area contributed by atoms with Crippen molar-refractivity contribution in [3.05, 3.63) is 57.5 Å². The van der Waals surface area contributed by atoms with Gasteiger partial charge in [0.2, 0.25) is 0 Å². The van der Waals surface area contributed by atoms with E-state index >= 15 is 0 Å². The van der Waals surface area contributed by atoms with Crippen LogP contribution in [0.15, 0.2) is 41.3 Å². The van der Waals surface area contributed by atoms with Gasteiger partial charge in [-0.3, -0.25) is 4.79 Å². The maximum Gasteiger partial charge on any atom is 0.417 e. The van der Waals surface area contributed by atoms with E-state index in [1.807, 2.05) is 0 Å². The molecule has 0 aliphatic carbocycles. The van der Waals surface area contributed by atoms with Gasteiger partial charge in [0.15, 0.2) is 5.82 Å². The van der Waals surface area contributed by atoms with Crippen LogP contribution in [0.25, 0.3) is 16.7 Å². The van der Waals surface area contributed by atoms with Crippen LogP contribution in [-0.2, 0) is 6.18 Å². The van der Waals surface area contributed by atoms with Crippen LogP contribution in [0, 0.1) is 0 Å². The number of nitrogens with zero attached hydrogens (tertiary/aromatic N) is 4. The van der Waals surface area contributed by atoms with E-state index in [0.29, 0.717) is 17.8 Å². The van der Waals surface area contributed by atoms with E-state index in [0.717, 1.165) is 4.68 Å². The van der Waals surface area contributed by atoms with Gasteiger partial charge in [0, 0.05) is 6.20 Å². The molecular weight excluding hydrogens is 321 g/mol. The van der Waals surface area contributed by atoms with Crippen molar-refractivity contribution < 1.29 is 13.2 Å². The second-order valence-corrected chi connectivity index (χ2v) is 4.76. The number of aromatic nitrogens is 4. The topological polar surface area (TPSA) is 60.7 Å². The Bertz CT molecular complexity index is 923. The lowest BCUT2D eigenvalue weighted by Crippen LogP contribution is -2.24. The molecule has 22 heavy (non-hydrogen) atoms. The highest BCUT2D eigenvalue weighted by Gasteiger charge is 2.32. The van der Waals surface area contributed by atoms with Gasteiger partial charge < -0.3 is 0 Å². The molecule has 2 heterocycles. The number of rotatable bonds is 1. The molecule has 1 aromatic carbocycles. The molecule has 0 amide bonds. The van der Waals surface area contributed by atoms with Crippen molar-refractivity contribution in [2.45, 2.75) is 6.18 Å². The lowest BCUT2D eigenvalue weighted by Gasteiger charge is -2.09. The molecule has 0 N–H and O–H groups in total. The summed E-state index contributed by atoms with van der Waals surface area (Å²) < 4.78 is 38.6. The maximum atomic E-state index is 12.6. The van der Waals surface area contributed by atoms with Crippen molar-refractivity contribution in [1.82, 2.24) is 20.0 Å². The van der Waals surface area contributed by atoms with Gasteiger partial charge in [-0.1, -0.05) is 28.9 Å². The second-order valence-electron chi connectivity index (χ2n) is 4.35. The van der Waals surface area contributed by atoms with Gasteiger partial charge in [0.25, 0.3) is 5.56 Å². The van der Waals surface area contributed by atoms with Crippen LogP contribution in [0.3, 0.4) is 0 Å². The number of hydrogen-bond acceptors (Lipinski definition) is 4. The third-order valence-corrected chi connectivity index (χ3v) is 3.20. The lowest BCUT2D eigenvalue weighted by molar-refractivity contribution is -0.137. The Morgan fingerprint density at radius 3 is 2.59 bits per heavy atom. The summed E-state index contributed by atoms with van der Waals surface area (Å²) in [6.45, 7) is 0. The molecule has 0 unspecified atom stereocenters. The smallest absolute Gasteiger partial charge is 0.267 e. The van der Waals surface area contributed by atoms with Crippen LogP contribution in [0.1, 0.15) is 5.56 Å². The largest absolute Gasteiger partial charge is 0.417 e. The van der Waals surface area contributed by atoms with Gasteiger partial charge in [-0.25, -0.2) is 4.98 Å². The molecule has 2 aromatic heterocycles. The van der Waals surface area contributed by atoms with Gasteiger partial charge in [-0.2, -0.15) is 17.9 Å². The second kappa shape index (κ2) is 5.06. The molecule has 0 aliphatic rings. The summed E-state index contributed by atoms with van der Waals surface area (Å²) in [5.74, 6) is -0.210. The first-order chi connectivity index (χ1) is 10.4. The van der Waals surface area contributed by atoms with Crippen LogP contribution in [0.2, 0.25) is 5.02 Å². The zero-order valence-electron chi connectivity index (χ0n) is 10.7. The van der Waals surface area contributed by atoms with E-state index in [1.165, 1.54) is 6.07 Å². The number of alkyl halides is 3. The molecule has 3 aromatic rings. The standard InChI is InChI=1S/C13H6ClF3N4O/c14-9-5-7(13(15,16)17)6-18-11(9)21-12(22)8-3-1-2-4-10(8)19-20-21/h1-6H. The SMILES string of the molecule is O=c1c2ccccc2nnn1-c1ncc(C(F)(F)F)cc1Cl. The first kappa shape index (κ1) is 14.5. The Morgan fingerprint density at radius 2 is 1.91 bits per heavy atom. The minimum absolute atomic E-state index is 0.210. The molecule has 0 aliphatic heterocycles. The van der Waals surface area contributed by atoms with Crippen LogP contribution >= 0.6 is 11.6 Å². The Hall–Kier alpha value is -2.48. The first-order valence-corrected chi connectivity index (χ1v) is 6.33. The van der Waals surface area contributed by atoms with Crippen molar-refractivity contribution in [2.75, 3.05) is 0 Å². The van der Waals surface area contributed by atoms with Crippen LogP contribution in [0.4, 0.5) is 13.2 Å². The van der Waals surface area contributed by atoms with Gasteiger partial charge in [-0.15, -0.1) is 5.10 Å². The lowest BCUT2D eigenvalue weighted by atomic mass is 10.2. The number of hydrogen-bond donors (Lipinski definition) is 0. The predicted molar refractivity (Wildman–Crippen MR) is 72.9 cm³/mol. The molecule has 0 radical (unpaired) electrons. The molecule has 0 bridgehead atoms. The molecule has 0 spiro atoms. The van der Waals surface area contributed by atoms with Crippen molar-refractivity contribution in [2.24, 2.45) is 0 Å². The molecule has 5 nitrogen and oxygen atoms in total. The summed E-state index contributed by atoms with van der Waals surface area (Å²) in [5, 5.41) is 7.39. The predicted octanol–water partition coefficient (Wildman–Crippen LogP) is 2.85. The Balaban J connectivity index is 2.20. The van der Waals surface area contributed by atoms with E-state index < -0.39 is 17.3 Å². The normalized spacial score (nSPS) is 11.8. The highest BCUT2D eigenvalue weighted by Crippen LogP contribution is 2.31. The van der Waals surface area contributed by atoms with Crippen LogP contribution in [-0.4, -0.2) is 20.0 Å². The molecule has 0 saturated carbocycles. The quantitative estimate of drug-likeness (QED) is 0.690. The number of halogens is 4. The molecule has 0 fully saturated rings. The first-order valence-electron chi connectivity index (χ1n) is 5.96. The Kier molecular flexibility index (Phi) is 3.32. The molecule has 112 valence electrons. The van der Waals surface area contributed by atoms with Crippen LogP contribution in [0.5, 0.6) is 0 Å². The molecule has 3 rings (SSSR count). The third kappa shape index (κ3) is 2.41. The van der Waals surface area contributed by atoms with Gasteiger partial charge in [0.1, 0.15) is 5.52 Å². The van der Waals surface area contributed by atoms with Gasteiger partial charge in [0.05, 0.1) is 16.0 Å². The Morgan fingerprint density at radius 1 is 1.18 bits per heavy atom. The van der Waals surface area contributed by atoms with E-state index in [1.54, 1.807) is 18.2 Å². The fraction of sp³-hybridized carbons (Fsp3) is 0.0769. The summed E-state index contributed by atoms with van der Waals surface area (Å²) in [5.41, 5.74) is -1.21. The number of benzene rings is 1. The fourth-order valence-electron chi connectivity index (χ4n) is 1.87. The summed E-state index contributed by atoms with van der Waals surface area (Å²) in [7, 11) is 0. The van der Waals surface area contributed by atoms with E-state index in [-0.39, 0.29) is 16.2 Å². The van der Waals surface area contributed by atoms with Crippen molar-refractivity contribution >= 4 is 22.5 Å². The molecule has 9 heteroatoms. The zero-order chi connectivity index (χ0) is 15.9. The van der Waals surface area contributed by atoms with Gasteiger partial charge in [-0.05, 0) is 18.2 Å². The van der Waals surface area contributed by atoms with E-state index in [2.05, 4.69) is 15.3 Å². The average Bonchev–Trinajstić information content (AvgIpc) is 2.47. The third-order valence-electron chi connectivity index (χ3n) is 2.92. The zero-order valence-corrected chi connectivity index (χ0v) is 11.4. The van der Waals surface area contributed by atoms with Crippen molar-refractivity contribution in [3.8, 4) is 5.82 Å². The molecule has 0 atom stereocenters. The fourth-order valence-corrected chi connectivity index (χ4v) is 2.12. The highest BCUT2D eigenvalue weighted by molar-refractivity contribution is 6.32. The Labute approximate surface area is 126 Å². The minimum atomic E-state index is -4.57. The molecular formula is C13H6ClF3N4O. The molecule has 0 saturated heterocycles. The monoisotopic (exact) mass is 326 g/mol. The highest BCUT2D eigenvalue weighted by atomic mass is 35.5. The number of pyridine rings is 1. The summed E-state index contributed by atoms with van der Waals surface area (Å²) in [6.07, 6.45) is -3.99. The summed E-state index contributed by atoms with van der Waals surface area (Å²) in [6, 6.07) is 7.13. The van der Waals surface area contributed by atoms with Crippen LogP contribution < -0.4 is 5.56 Å². The van der Waals surface area contributed by atoms with Crippen molar-refractivity contribution in [1.29, 1.82) is 0 Å². The summed E-state index contributed by atoms with van der Waals surface area (Å²) >= 11 is 5.80. The van der Waals surface area contributed by atoms with Gasteiger partial charge >= 0.3 is 6.18 Å². The summed E-state index contributed by atoms with van der Waals surface area (Å²) in [4.78, 5) is 15.9. The average molecular weight is 327 g/mol. The number of fused-ring (bicyclic) bond motifs is 1. The maximum absolute atomic E-state index is 12.6. The van der Waals surface area contributed by atoms with Crippen molar-refractivity contribution in [3.63, 3.8) is 0 Å². The minimum Gasteiger partial charge on any atom is -0.267 e.